The van der Waals surface area contributed by atoms with Crippen molar-refractivity contribution in [3.05, 3.63) is 36.0 Å². The van der Waals surface area contributed by atoms with Gasteiger partial charge in [0.25, 0.3) is 0 Å². The molecule has 0 fully saturated rings. The number of amides is 1. The molecule has 0 radical (unpaired) electrons. The quantitative estimate of drug-likeness (QED) is 0.861. The maximum Gasteiger partial charge on any atom is 0.220 e. The summed E-state index contributed by atoms with van der Waals surface area (Å²) in [6.45, 7) is 4.72. The first-order valence-corrected chi connectivity index (χ1v) is 8.17. The maximum atomic E-state index is 12.0. The zero-order valence-corrected chi connectivity index (χ0v) is 13.6. The Balaban J connectivity index is 1.44. The van der Waals surface area contributed by atoms with Crippen LogP contribution in [0.3, 0.4) is 0 Å². The highest BCUT2D eigenvalue weighted by Gasteiger charge is 2.23. The van der Waals surface area contributed by atoms with Gasteiger partial charge in [-0.1, -0.05) is 37.2 Å². The fourth-order valence-corrected chi connectivity index (χ4v) is 2.80. The minimum absolute atomic E-state index is 0.0237. The highest BCUT2D eigenvalue weighted by Crippen LogP contribution is 2.19. The lowest BCUT2D eigenvalue weighted by molar-refractivity contribution is -0.121. The first-order valence-electron chi connectivity index (χ1n) is 8.17. The molecule has 2 aromatic rings. The smallest absolute Gasteiger partial charge is 0.220 e. The first kappa shape index (κ1) is 15.6. The van der Waals surface area contributed by atoms with Crippen molar-refractivity contribution in [3.63, 3.8) is 0 Å². The van der Waals surface area contributed by atoms with Crippen LogP contribution < -0.4 is 5.32 Å². The van der Waals surface area contributed by atoms with Crippen LogP contribution >= 0.6 is 0 Å². The summed E-state index contributed by atoms with van der Waals surface area (Å²) in [5.74, 6) is 0.453. The molecule has 1 aromatic heterocycles. The molecule has 1 aromatic carbocycles. The minimum atomic E-state index is -0.0237. The number of rotatable bonds is 6. The van der Waals surface area contributed by atoms with Crippen molar-refractivity contribution in [2.45, 2.75) is 39.2 Å². The van der Waals surface area contributed by atoms with Crippen molar-refractivity contribution in [2.75, 3.05) is 6.54 Å². The lowest BCUT2D eigenvalue weighted by Crippen LogP contribution is -2.32. The number of benzene rings is 1. The number of fused-ring (bicyclic) bond motifs is 1. The summed E-state index contributed by atoms with van der Waals surface area (Å²) in [6.07, 6.45) is 3.98. The van der Waals surface area contributed by atoms with Crippen LogP contribution in [0.1, 0.15) is 32.3 Å². The molecule has 1 atom stereocenters. The van der Waals surface area contributed by atoms with Gasteiger partial charge in [-0.15, -0.1) is 0 Å². The first-order chi connectivity index (χ1) is 11.1. The molecule has 0 unspecified atom stereocenters. The molecule has 2 heterocycles. The maximum absolute atomic E-state index is 12.0. The summed E-state index contributed by atoms with van der Waals surface area (Å²) in [5.41, 5.74) is 3.36. The van der Waals surface area contributed by atoms with E-state index in [2.05, 4.69) is 35.4 Å². The Bertz CT molecular complexity index is 718. The molecule has 1 amide bonds. The van der Waals surface area contributed by atoms with Gasteiger partial charge in [-0.2, -0.15) is 0 Å². The highest BCUT2D eigenvalue weighted by atomic mass is 16.6. The van der Waals surface area contributed by atoms with Crippen molar-refractivity contribution < 1.29 is 9.63 Å². The Morgan fingerprint density at radius 2 is 2.26 bits per heavy atom. The molecule has 3 rings (SSSR count). The van der Waals surface area contributed by atoms with E-state index in [0.29, 0.717) is 18.9 Å². The second kappa shape index (κ2) is 6.86. The molecule has 0 saturated heterocycles. The molecule has 23 heavy (non-hydrogen) atoms. The molecule has 2 N–H and O–H groups in total. The molecule has 0 saturated carbocycles. The van der Waals surface area contributed by atoms with Crippen LogP contribution in [0.5, 0.6) is 0 Å². The summed E-state index contributed by atoms with van der Waals surface area (Å²) in [6, 6.07) is 8.15. The van der Waals surface area contributed by atoms with Crippen molar-refractivity contribution >= 4 is 22.5 Å². The number of carbonyl (C=O) groups excluding carboxylic acids is 1. The normalized spacial score (nSPS) is 17.3. The average molecular weight is 313 g/mol. The molecule has 1 aliphatic rings. The SMILES string of the molecule is CC(C)C1=NO[C@@H](CNC(=O)CCc2c[nH]c3ccccc23)C1. The minimum Gasteiger partial charge on any atom is -0.390 e. The fraction of sp³-hybridized carbons (Fsp3) is 0.444. The van der Waals surface area contributed by atoms with Gasteiger partial charge in [-0.3, -0.25) is 4.79 Å². The summed E-state index contributed by atoms with van der Waals surface area (Å²) in [7, 11) is 0. The van der Waals surface area contributed by atoms with Crippen molar-refractivity contribution in [1.29, 1.82) is 0 Å². The zero-order valence-electron chi connectivity index (χ0n) is 13.6. The predicted octanol–water partition coefficient (Wildman–Crippen LogP) is 3.02. The van der Waals surface area contributed by atoms with Crippen molar-refractivity contribution in [3.8, 4) is 0 Å². The molecule has 0 spiro atoms. The Morgan fingerprint density at radius 1 is 1.43 bits per heavy atom. The van der Waals surface area contributed by atoms with Gasteiger partial charge in [0, 0.05) is 29.9 Å². The summed E-state index contributed by atoms with van der Waals surface area (Å²) in [5, 5.41) is 8.21. The van der Waals surface area contributed by atoms with Gasteiger partial charge < -0.3 is 15.1 Å². The fourth-order valence-electron chi connectivity index (χ4n) is 2.80. The molecule has 1 aliphatic heterocycles. The van der Waals surface area contributed by atoms with Gasteiger partial charge in [-0.25, -0.2) is 0 Å². The molecule has 122 valence electrons. The van der Waals surface area contributed by atoms with Crippen LogP contribution in [-0.4, -0.2) is 29.3 Å². The number of nitrogens with one attached hydrogen (secondary N) is 2. The van der Waals surface area contributed by atoms with Crippen LogP contribution in [-0.2, 0) is 16.1 Å². The number of hydrogen-bond acceptors (Lipinski definition) is 3. The Morgan fingerprint density at radius 3 is 3.04 bits per heavy atom. The number of H-pyrrole nitrogens is 1. The van der Waals surface area contributed by atoms with E-state index >= 15 is 0 Å². The van der Waals surface area contributed by atoms with Gasteiger partial charge in [0.2, 0.25) is 5.91 Å². The van der Waals surface area contributed by atoms with E-state index in [-0.39, 0.29) is 12.0 Å². The zero-order chi connectivity index (χ0) is 16.2. The third kappa shape index (κ3) is 3.73. The van der Waals surface area contributed by atoms with E-state index in [1.165, 1.54) is 10.9 Å². The Kier molecular flexibility index (Phi) is 4.65. The number of aromatic amines is 1. The van der Waals surface area contributed by atoms with Crippen molar-refractivity contribution in [1.82, 2.24) is 10.3 Å². The van der Waals surface area contributed by atoms with Gasteiger partial charge in [0.15, 0.2) is 0 Å². The molecular formula is C18H23N3O2. The number of carbonyl (C=O) groups is 1. The number of oxime groups is 1. The number of nitrogens with zero attached hydrogens (tertiary/aromatic N) is 1. The highest BCUT2D eigenvalue weighted by molar-refractivity contribution is 5.87. The molecule has 5 nitrogen and oxygen atoms in total. The van der Waals surface area contributed by atoms with E-state index in [0.717, 1.165) is 24.1 Å². The van der Waals surface area contributed by atoms with Crippen LogP contribution in [0.2, 0.25) is 0 Å². The van der Waals surface area contributed by atoms with Crippen LogP contribution in [0.4, 0.5) is 0 Å². The summed E-state index contributed by atoms with van der Waals surface area (Å²) in [4.78, 5) is 20.6. The molecule has 0 aliphatic carbocycles. The van der Waals surface area contributed by atoms with E-state index in [1.807, 2.05) is 24.4 Å². The van der Waals surface area contributed by atoms with Gasteiger partial charge >= 0.3 is 0 Å². The predicted molar refractivity (Wildman–Crippen MR) is 91.4 cm³/mol. The van der Waals surface area contributed by atoms with Gasteiger partial charge in [-0.05, 0) is 24.0 Å². The number of hydrogen-bond donors (Lipinski definition) is 2. The lowest BCUT2D eigenvalue weighted by atomic mass is 10.0. The van der Waals surface area contributed by atoms with Crippen LogP contribution in [0.15, 0.2) is 35.6 Å². The number of para-hydroxylation sites is 1. The van der Waals surface area contributed by atoms with E-state index in [4.69, 9.17) is 4.84 Å². The molecule has 5 heteroatoms. The van der Waals surface area contributed by atoms with Crippen LogP contribution in [0, 0.1) is 5.92 Å². The third-order valence-electron chi connectivity index (χ3n) is 4.25. The Hall–Kier alpha value is -2.30. The van der Waals surface area contributed by atoms with E-state index in [1.54, 1.807) is 0 Å². The Labute approximate surface area is 136 Å². The largest absolute Gasteiger partial charge is 0.390 e. The standard InChI is InChI=1S/C18H23N3O2/c1-12(2)17-9-14(23-21-17)11-20-18(22)8-7-13-10-19-16-6-4-3-5-15(13)16/h3-6,10,12,14,19H,7-9,11H2,1-2H3,(H,20,22)/t14-/m1/s1. The molecule has 0 bridgehead atoms. The van der Waals surface area contributed by atoms with Gasteiger partial charge in [0.05, 0.1) is 12.3 Å². The summed E-state index contributed by atoms with van der Waals surface area (Å²) < 4.78 is 0. The average Bonchev–Trinajstić information content (AvgIpc) is 3.18. The van der Waals surface area contributed by atoms with E-state index in [9.17, 15) is 4.79 Å². The summed E-state index contributed by atoms with van der Waals surface area (Å²) >= 11 is 0. The number of aryl methyl sites for hydroxylation is 1. The van der Waals surface area contributed by atoms with Crippen LogP contribution in [0.25, 0.3) is 10.9 Å². The number of aromatic nitrogens is 1. The third-order valence-corrected chi connectivity index (χ3v) is 4.25. The lowest BCUT2D eigenvalue weighted by Gasteiger charge is -2.10. The second-order valence-corrected chi connectivity index (χ2v) is 6.33. The van der Waals surface area contributed by atoms with Crippen molar-refractivity contribution in [2.24, 2.45) is 11.1 Å². The topological polar surface area (TPSA) is 66.5 Å². The second-order valence-electron chi connectivity index (χ2n) is 6.33. The molecular weight excluding hydrogens is 290 g/mol. The monoisotopic (exact) mass is 313 g/mol. The van der Waals surface area contributed by atoms with E-state index < -0.39 is 0 Å². The van der Waals surface area contributed by atoms with Gasteiger partial charge in [0.1, 0.15) is 6.10 Å².